The summed E-state index contributed by atoms with van der Waals surface area (Å²) in [6.45, 7) is 1.51. The minimum atomic E-state index is -1.17. The summed E-state index contributed by atoms with van der Waals surface area (Å²) in [6, 6.07) is 16.6. The number of rotatable bonds is 6. The van der Waals surface area contributed by atoms with E-state index in [1.807, 2.05) is 60.8 Å². The normalized spacial score (nSPS) is 26.0. The second-order valence-corrected chi connectivity index (χ2v) is 11.8. The number of imide groups is 1. The molecule has 6 rings (SSSR count). The van der Waals surface area contributed by atoms with Crippen molar-refractivity contribution < 1.29 is 14.4 Å². The number of thiophene rings is 2. The van der Waals surface area contributed by atoms with E-state index >= 15 is 0 Å². The molecule has 1 aliphatic carbocycles. The number of hydrazone groups is 1. The van der Waals surface area contributed by atoms with Crippen molar-refractivity contribution in [3.8, 4) is 0 Å². The zero-order chi connectivity index (χ0) is 26.3. The van der Waals surface area contributed by atoms with Crippen molar-refractivity contribution in [1.29, 1.82) is 0 Å². The SMILES string of the molecule is CCC1(c2ccccc2)NC(=O)N(CC(=O)N2N=C3/C(=C\c4cccs4)CCCC3C2c2cccs2)C1=O. The fraction of sp³-hybridized carbons (Fsp3) is 0.310. The number of nitrogens with one attached hydrogen (secondary N) is 1. The van der Waals surface area contributed by atoms with E-state index in [0.717, 1.165) is 45.2 Å². The first-order valence-corrected chi connectivity index (χ1v) is 14.7. The molecule has 1 saturated carbocycles. The van der Waals surface area contributed by atoms with E-state index in [1.54, 1.807) is 22.7 Å². The Morgan fingerprint density at radius 3 is 2.61 bits per heavy atom. The number of fused-ring (bicyclic) bond motifs is 1. The van der Waals surface area contributed by atoms with Crippen LogP contribution in [0.25, 0.3) is 6.08 Å². The molecule has 1 aromatic carbocycles. The largest absolute Gasteiger partial charge is 0.325 e. The van der Waals surface area contributed by atoms with Crippen LogP contribution in [-0.4, -0.2) is 40.0 Å². The smallest absolute Gasteiger partial charge is 0.319 e. The summed E-state index contributed by atoms with van der Waals surface area (Å²) in [5.74, 6) is -0.677. The van der Waals surface area contributed by atoms with Crippen molar-refractivity contribution in [2.24, 2.45) is 11.0 Å². The lowest BCUT2D eigenvalue weighted by Gasteiger charge is -2.29. The quantitative estimate of drug-likeness (QED) is 0.399. The van der Waals surface area contributed by atoms with Gasteiger partial charge in [-0.3, -0.25) is 14.5 Å². The zero-order valence-electron chi connectivity index (χ0n) is 21.0. The van der Waals surface area contributed by atoms with Crippen LogP contribution in [0.3, 0.4) is 0 Å². The zero-order valence-corrected chi connectivity index (χ0v) is 22.6. The van der Waals surface area contributed by atoms with Gasteiger partial charge in [0, 0.05) is 15.7 Å². The Bertz CT molecular complexity index is 1420. The maximum Gasteiger partial charge on any atom is 0.325 e. The van der Waals surface area contributed by atoms with Crippen molar-refractivity contribution in [2.45, 2.75) is 44.2 Å². The van der Waals surface area contributed by atoms with Gasteiger partial charge in [-0.25, -0.2) is 9.80 Å². The number of benzene rings is 1. The fourth-order valence-corrected chi connectivity index (χ4v) is 7.39. The summed E-state index contributed by atoms with van der Waals surface area (Å²) in [4.78, 5) is 43.8. The lowest BCUT2D eigenvalue weighted by Crippen LogP contribution is -2.45. The molecule has 4 heterocycles. The molecule has 0 radical (unpaired) electrons. The van der Waals surface area contributed by atoms with Gasteiger partial charge in [0.2, 0.25) is 0 Å². The first kappa shape index (κ1) is 24.8. The van der Waals surface area contributed by atoms with Crippen molar-refractivity contribution >= 4 is 52.3 Å². The number of carbonyl (C=O) groups excluding carboxylic acids is 3. The number of nitrogens with zero attached hydrogens (tertiary/aromatic N) is 3. The standard InChI is InChI=1S/C29H28N4O3S2/c1-2-29(20-10-4-3-5-11-20)27(35)32(28(36)30-29)18-24(34)33-26(23-14-8-16-38-23)22-13-6-9-19(25(22)31-33)17-21-12-7-15-37-21/h3-5,7-8,10-12,14-17,22,26H,2,6,9,13,18H2,1H3,(H,30,36)/b19-17-. The van der Waals surface area contributed by atoms with Gasteiger partial charge in [-0.1, -0.05) is 49.4 Å². The molecule has 4 amide bonds. The second-order valence-electron chi connectivity index (χ2n) is 9.81. The van der Waals surface area contributed by atoms with E-state index in [2.05, 4.69) is 22.8 Å². The molecule has 2 aromatic heterocycles. The number of allylic oxidation sites excluding steroid dienone is 1. The van der Waals surface area contributed by atoms with Gasteiger partial charge in [0.05, 0.1) is 11.8 Å². The molecule has 2 fully saturated rings. The van der Waals surface area contributed by atoms with E-state index in [4.69, 9.17) is 5.10 Å². The van der Waals surface area contributed by atoms with Crippen molar-refractivity contribution in [3.05, 3.63) is 86.2 Å². The van der Waals surface area contributed by atoms with Gasteiger partial charge in [0.1, 0.15) is 12.1 Å². The first-order valence-electron chi connectivity index (χ1n) is 12.9. The summed E-state index contributed by atoms with van der Waals surface area (Å²) in [6.07, 6.45) is 5.43. The Morgan fingerprint density at radius 1 is 1.11 bits per heavy atom. The minimum Gasteiger partial charge on any atom is -0.319 e. The molecule has 1 saturated heterocycles. The monoisotopic (exact) mass is 544 g/mol. The Labute approximate surface area is 229 Å². The number of amides is 4. The summed E-state index contributed by atoms with van der Waals surface area (Å²) in [5, 5.41) is 13.4. The van der Waals surface area contributed by atoms with E-state index in [-0.39, 0.29) is 24.4 Å². The van der Waals surface area contributed by atoms with Gasteiger partial charge in [-0.2, -0.15) is 5.10 Å². The van der Waals surface area contributed by atoms with Crippen LogP contribution >= 0.6 is 22.7 Å². The van der Waals surface area contributed by atoms with E-state index in [0.29, 0.717) is 12.0 Å². The average molecular weight is 545 g/mol. The Morgan fingerprint density at radius 2 is 1.89 bits per heavy atom. The third-order valence-corrected chi connectivity index (χ3v) is 9.48. The highest BCUT2D eigenvalue weighted by Crippen LogP contribution is 2.46. The van der Waals surface area contributed by atoms with Crippen LogP contribution in [0.2, 0.25) is 0 Å². The van der Waals surface area contributed by atoms with Crippen molar-refractivity contribution in [2.75, 3.05) is 6.54 Å². The molecular formula is C29H28N4O3S2. The molecule has 7 nitrogen and oxygen atoms in total. The highest BCUT2D eigenvalue weighted by Gasteiger charge is 2.53. The average Bonchev–Trinajstić information content (AvgIpc) is 3.74. The lowest BCUT2D eigenvalue weighted by molar-refractivity contribution is -0.140. The number of carbonyl (C=O) groups is 3. The van der Waals surface area contributed by atoms with E-state index in [1.165, 1.54) is 5.01 Å². The van der Waals surface area contributed by atoms with E-state index in [9.17, 15) is 14.4 Å². The van der Waals surface area contributed by atoms with Crippen LogP contribution in [0.5, 0.6) is 0 Å². The van der Waals surface area contributed by atoms with E-state index < -0.39 is 17.5 Å². The Balaban J connectivity index is 1.31. The summed E-state index contributed by atoms with van der Waals surface area (Å²) < 4.78 is 0. The molecule has 9 heteroatoms. The summed E-state index contributed by atoms with van der Waals surface area (Å²) >= 11 is 3.28. The van der Waals surface area contributed by atoms with Crippen molar-refractivity contribution in [1.82, 2.24) is 15.2 Å². The van der Waals surface area contributed by atoms with Gasteiger partial charge in [-0.05, 0) is 65.8 Å². The third kappa shape index (κ3) is 4.10. The minimum absolute atomic E-state index is 0.0831. The van der Waals surface area contributed by atoms with Gasteiger partial charge < -0.3 is 5.32 Å². The fourth-order valence-electron chi connectivity index (χ4n) is 5.83. The predicted molar refractivity (Wildman–Crippen MR) is 150 cm³/mol. The molecule has 0 bridgehead atoms. The van der Waals surface area contributed by atoms with Crippen LogP contribution in [0.15, 0.2) is 76.0 Å². The van der Waals surface area contributed by atoms with Crippen LogP contribution < -0.4 is 5.32 Å². The summed E-state index contributed by atoms with van der Waals surface area (Å²) in [5.41, 5.74) is 1.64. The highest BCUT2D eigenvalue weighted by molar-refractivity contribution is 7.11. The molecule has 1 N–H and O–H groups in total. The molecule has 0 spiro atoms. The van der Waals surface area contributed by atoms with Crippen molar-refractivity contribution in [3.63, 3.8) is 0 Å². The molecule has 3 aromatic rings. The first-order chi connectivity index (χ1) is 18.5. The third-order valence-electron chi connectivity index (χ3n) is 7.72. The number of hydrogen-bond donors (Lipinski definition) is 1. The van der Waals surface area contributed by atoms with Crippen LogP contribution in [0, 0.1) is 5.92 Å². The molecule has 38 heavy (non-hydrogen) atoms. The predicted octanol–water partition coefficient (Wildman–Crippen LogP) is 5.79. The highest BCUT2D eigenvalue weighted by atomic mass is 32.1. The maximum atomic E-state index is 13.8. The molecular weight excluding hydrogens is 516 g/mol. The van der Waals surface area contributed by atoms with Gasteiger partial charge in [0.15, 0.2) is 0 Å². The van der Waals surface area contributed by atoms with Crippen LogP contribution in [0.4, 0.5) is 4.79 Å². The lowest BCUT2D eigenvalue weighted by atomic mass is 9.79. The molecule has 3 atom stereocenters. The number of hydrogen-bond acceptors (Lipinski definition) is 6. The van der Waals surface area contributed by atoms with Gasteiger partial charge in [-0.15, -0.1) is 22.7 Å². The Hall–Kier alpha value is -3.56. The molecule has 3 unspecified atom stereocenters. The van der Waals surface area contributed by atoms with Gasteiger partial charge in [0.25, 0.3) is 11.8 Å². The van der Waals surface area contributed by atoms with Gasteiger partial charge >= 0.3 is 6.03 Å². The molecule has 3 aliphatic rings. The topological polar surface area (TPSA) is 82.1 Å². The molecule has 194 valence electrons. The van der Waals surface area contributed by atoms with Crippen LogP contribution in [0.1, 0.15) is 54.0 Å². The second kappa shape index (κ2) is 9.96. The summed E-state index contributed by atoms with van der Waals surface area (Å²) in [7, 11) is 0. The maximum absolute atomic E-state index is 13.8. The number of urea groups is 1. The Kier molecular flexibility index (Phi) is 6.49. The van der Waals surface area contributed by atoms with Crippen LogP contribution in [-0.2, 0) is 15.1 Å². The molecule has 2 aliphatic heterocycles.